The van der Waals surface area contributed by atoms with E-state index in [1.54, 1.807) is 54.6 Å². The molecule has 0 aliphatic heterocycles. The zero-order valence-corrected chi connectivity index (χ0v) is 29.9. The van der Waals surface area contributed by atoms with Crippen LogP contribution in [0.4, 0.5) is 15.3 Å². The second-order valence-corrected chi connectivity index (χ2v) is 13.7. The summed E-state index contributed by atoms with van der Waals surface area (Å²) in [6.07, 6.45) is 1.51. The van der Waals surface area contributed by atoms with Gasteiger partial charge in [0, 0.05) is 48.0 Å². The Bertz CT molecular complexity index is 1850. The van der Waals surface area contributed by atoms with Crippen LogP contribution in [0.15, 0.2) is 97.1 Å². The fourth-order valence-electron chi connectivity index (χ4n) is 5.63. The Morgan fingerprint density at radius 1 is 0.755 bits per heavy atom. The molecule has 0 bridgehead atoms. The van der Waals surface area contributed by atoms with E-state index in [1.165, 1.54) is 0 Å². The number of anilines is 1. The van der Waals surface area contributed by atoms with Crippen LogP contribution in [0.2, 0.25) is 0 Å². The molecule has 13 heteroatoms. The molecule has 1 fully saturated rings. The molecule has 3 amide bonds. The SMILES string of the molecule is CC(C)(C)OC(=O)NC1CCC(C(=O)Nc2cc(Oc3ccc(CNC(=O)OCc4ccccc4)cc3)cc(Oc3ccc(C(=N)NO)cc3)c2)CC1. The minimum absolute atomic E-state index is 0.0652. The molecule has 0 atom stereocenters. The van der Waals surface area contributed by atoms with E-state index in [0.717, 1.165) is 11.1 Å². The van der Waals surface area contributed by atoms with Gasteiger partial charge in [-0.25, -0.2) is 9.59 Å². The number of rotatable bonds is 12. The first-order valence-electron chi connectivity index (χ1n) is 17.4. The van der Waals surface area contributed by atoms with Crippen molar-refractivity contribution in [2.24, 2.45) is 5.92 Å². The van der Waals surface area contributed by atoms with Gasteiger partial charge in [0.2, 0.25) is 5.91 Å². The van der Waals surface area contributed by atoms with Crippen LogP contribution in [0.25, 0.3) is 0 Å². The minimum Gasteiger partial charge on any atom is -0.457 e. The lowest BCUT2D eigenvalue weighted by atomic mass is 9.85. The van der Waals surface area contributed by atoms with Gasteiger partial charge >= 0.3 is 12.2 Å². The van der Waals surface area contributed by atoms with E-state index >= 15 is 0 Å². The highest BCUT2D eigenvalue weighted by atomic mass is 16.6. The number of hydrogen-bond acceptors (Lipinski definition) is 9. The summed E-state index contributed by atoms with van der Waals surface area (Å²) in [6.45, 7) is 5.88. The molecule has 278 valence electrons. The number of hydrogen-bond donors (Lipinski definition) is 6. The third kappa shape index (κ3) is 12.3. The zero-order chi connectivity index (χ0) is 37.8. The number of benzene rings is 4. The van der Waals surface area contributed by atoms with Crippen LogP contribution in [0, 0.1) is 11.3 Å². The lowest BCUT2D eigenvalue weighted by Crippen LogP contribution is -2.42. The predicted molar refractivity (Wildman–Crippen MR) is 198 cm³/mol. The van der Waals surface area contributed by atoms with Crippen LogP contribution in [0.3, 0.4) is 0 Å². The first-order valence-corrected chi connectivity index (χ1v) is 17.4. The summed E-state index contributed by atoms with van der Waals surface area (Å²) in [6, 6.07) is 28.2. The molecule has 13 nitrogen and oxygen atoms in total. The summed E-state index contributed by atoms with van der Waals surface area (Å²) in [5.74, 6) is 1.22. The van der Waals surface area contributed by atoms with E-state index in [2.05, 4.69) is 16.0 Å². The highest BCUT2D eigenvalue weighted by Crippen LogP contribution is 2.34. The quantitative estimate of drug-likeness (QED) is 0.0479. The molecule has 0 radical (unpaired) electrons. The fraction of sp³-hybridized carbons (Fsp3) is 0.300. The molecule has 4 aromatic rings. The molecule has 0 spiro atoms. The maximum absolute atomic E-state index is 13.4. The van der Waals surface area contributed by atoms with Crippen molar-refractivity contribution in [3.8, 4) is 23.0 Å². The molecule has 0 unspecified atom stereocenters. The van der Waals surface area contributed by atoms with Crippen LogP contribution in [0.1, 0.15) is 63.1 Å². The maximum atomic E-state index is 13.4. The molecular weight excluding hydrogens is 678 g/mol. The Morgan fingerprint density at radius 2 is 1.36 bits per heavy atom. The van der Waals surface area contributed by atoms with E-state index < -0.39 is 17.8 Å². The summed E-state index contributed by atoms with van der Waals surface area (Å²) in [5, 5.41) is 25.5. The van der Waals surface area contributed by atoms with Gasteiger partial charge in [0.15, 0.2) is 0 Å². The first kappa shape index (κ1) is 38.2. The van der Waals surface area contributed by atoms with E-state index in [9.17, 15) is 14.4 Å². The average molecular weight is 724 g/mol. The van der Waals surface area contributed by atoms with Crippen LogP contribution in [-0.4, -0.2) is 40.8 Å². The summed E-state index contributed by atoms with van der Waals surface area (Å²) in [7, 11) is 0. The Kier molecular flexibility index (Phi) is 12.9. The van der Waals surface area contributed by atoms with Crippen LogP contribution in [0.5, 0.6) is 23.0 Å². The third-order valence-corrected chi connectivity index (χ3v) is 8.27. The van der Waals surface area contributed by atoms with E-state index in [-0.39, 0.29) is 36.9 Å². The van der Waals surface area contributed by atoms with Gasteiger partial charge in [0.25, 0.3) is 0 Å². The topological polar surface area (TPSA) is 180 Å². The van der Waals surface area contributed by atoms with Crippen molar-refractivity contribution < 1.29 is 38.5 Å². The van der Waals surface area contributed by atoms with Gasteiger partial charge in [-0.1, -0.05) is 42.5 Å². The predicted octanol–water partition coefficient (Wildman–Crippen LogP) is 8.02. The monoisotopic (exact) mass is 723 g/mol. The van der Waals surface area contributed by atoms with E-state index in [0.29, 0.717) is 59.9 Å². The second-order valence-electron chi connectivity index (χ2n) is 13.7. The highest BCUT2D eigenvalue weighted by molar-refractivity contribution is 5.95. The molecule has 5 rings (SSSR count). The third-order valence-electron chi connectivity index (χ3n) is 8.27. The number of hydroxylamine groups is 1. The number of ether oxygens (including phenoxy) is 4. The Labute approximate surface area is 308 Å². The van der Waals surface area contributed by atoms with Crippen molar-refractivity contribution in [2.45, 2.75) is 71.2 Å². The van der Waals surface area contributed by atoms with Crippen molar-refractivity contribution in [1.82, 2.24) is 16.1 Å². The molecule has 0 heterocycles. The summed E-state index contributed by atoms with van der Waals surface area (Å²) in [4.78, 5) is 37.8. The summed E-state index contributed by atoms with van der Waals surface area (Å²) < 4.78 is 22.9. The fourth-order valence-corrected chi connectivity index (χ4v) is 5.63. The van der Waals surface area contributed by atoms with Gasteiger partial charge < -0.3 is 34.9 Å². The highest BCUT2D eigenvalue weighted by Gasteiger charge is 2.28. The van der Waals surface area contributed by atoms with Crippen molar-refractivity contribution in [1.29, 1.82) is 5.41 Å². The Morgan fingerprint density at radius 3 is 1.94 bits per heavy atom. The molecular formula is C40H45N5O8. The lowest BCUT2D eigenvalue weighted by Gasteiger charge is -2.29. The molecule has 1 aliphatic carbocycles. The van der Waals surface area contributed by atoms with Gasteiger partial charge in [0.05, 0.1) is 0 Å². The van der Waals surface area contributed by atoms with Crippen LogP contribution in [-0.2, 0) is 27.4 Å². The smallest absolute Gasteiger partial charge is 0.407 e. The maximum Gasteiger partial charge on any atom is 0.407 e. The van der Waals surface area contributed by atoms with Crippen molar-refractivity contribution in [3.05, 3.63) is 114 Å². The normalized spacial score (nSPS) is 15.3. The molecule has 0 aromatic heterocycles. The van der Waals surface area contributed by atoms with Crippen LogP contribution < -0.4 is 30.9 Å². The van der Waals surface area contributed by atoms with Crippen molar-refractivity contribution in [3.63, 3.8) is 0 Å². The number of nitrogens with one attached hydrogen (secondary N) is 5. The van der Waals surface area contributed by atoms with E-state index in [1.807, 2.05) is 68.7 Å². The lowest BCUT2D eigenvalue weighted by molar-refractivity contribution is -0.120. The molecule has 4 aromatic carbocycles. The van der Waals surface area contributed by atoms with Gasteiger partial charge in [-0.15, -0.1) is 0 Å². The largest absolute Gasteiger partial charge is 0.457 e. The summed E-state index contributed by atoms with van der Waals surface area (Å²) in [5.41, 5.74) is 3.89. The van der Waals surface area contributed by atoms with E-state index in [4.69, 9.17) is 29.6 Å². The average Bonchev–Trinajstić information content (AvgIpc) is 3.13. The number of amides is 3. The standard InChI is InChI=1S/C40H45N5O8/c1-40(2,3)53-39(48)44-30-15-11-29(12-16-30)37(46)43-31-21-34(23-35(22-31)52-33-19-13-28(14-20-33)36(41)45-49)51-32-17-9-26(10-18-32)24-42-38(47)50-25-27-7-5-4-6-8-27/h4-10,13-14,17-23,29-30,49H,11-12,15-16,24-25H2,1-3H3,(H2,41,45)(H,42,47)(H,43,46)(H,44,48). The molecule has 53 heavy (non-hydrogen) atoms. The Balaban J connectivity index is 1.22. The molecule has 0 saturated heterocycles. The Hall–Kier alpha value is -6.08. The minimum atomic E-state index is -0.589. The summed E-state index contributed by atoms with van der Waals surface area (Å²) >= 11 is 0. The van der Waals surface area contributed by atoms with Crippen LogP contribution >= 0.6 is 0 Å². The number of amidine groups is 1. The number of alkyl carbamates (subject to hydrolysis) is 2. The second kappa shape index (κ2) is 17.9. The number of carbonyl (C=O) groups excluding carboxylic acids is 3. The van der Waals surface area contributed by atoms with Gasteiger partial charge in [-0.3, -0.25) is 20.9 Å². The van der Waals surface area contributed by atoms with Crippen molar-refractivity contribution in [2.75, 3.05) is 5.32 Å². The van der Waals surface area contributed by atoms with Crippen molar-refractivity contribution >= 4 is 29.6 Å². The molecule has 1 aliphatic rings. The van der Waals surface area contributed by atoms with Gasteiger partial charge in [0.1, 0.15) is 41.0 Å². The number of carbonyl (C=O) groups is 3. The zero-order valence-electron chi connectivity index (χ0n) is 29.9. The first-order chi connectivity index (χ1) is 25.4. The molecule has 6 N–H and O–H groups in total. The van der Waals surface area contributed by atoms with Gasteiger partial charge in [-0.05, 0) is 94.0 Å². The van der Waals surface area contributed by atoms with Gasteiger partial charge in [-0.2, -0.15) is 0 Å². The molecule has 1 saturated carbocycles.